The van der Waals surface area contributed by atoms with Crippen LogP contribution >= 0.6 is 28.3 Å². The van der Waals surface area contributed by atoms with Gasteiger partial charge in [0.1, 0.15) is 5.82 Å². The van der Waals surface area contributed by atoms with Crippen LogP contribution < -0.4 is 10.6 Å². The second-order valence-corrected chi connectivity index (χ2v) is 5.76. The van der Waals surface area contributed by atoms with Crippen molar-refractivity contribution in [3.05, 3.63) is 34.1 Å². The maximum absolute atomic E-state index is 12.9. The van der Waals surface area contributed by atoms with Gasteiger partial charge in [-0.25, -0.2) is 4.39 Å². The monoisotopic (exact) mass is 364 g/mol. The maximum atomic E-state index is 12.9. The van der Waals surface area contributed by atoms with Gasteiger partial charge in [-0.2, -0.15) is 0 Å². The molecule has 1 fully saturated rings. The van der Waals surface area contributed by atoms with Crippen molar-refractivity contribution in [1.82, 2.24) is 10.6 Å². The molecule has 2 rings (SSSR count). The largest absolute Gasteiger partial charge is 0.352 e. The lowest BCUT2D eigenvalue weighted by Gasteiger charge is -2.09. The molecule has 1 aliphatic heterocycles. The van der Waals surface area contributed by atoms with Crippen molar-refractivity contribution in [1.29, 1.82) is 0 Å². The zero-order valence-electron chi connectivity index (χ0n) is 11.1. The summed E-state index contributed by atoms with van der Waals surface area (Å²) in [5, 5.41) is 6.16. The molecular weight excluding hydrogens is 347 g/mol. The smallest absolute Gasteiger partial charge is 0.220 e. The first kappa shape index (κ1) is 17.4. The molecule has 1 aromatic rings. The van der Waals surface area contributed by atoms with Gasteiger partial charge in [-0.15, -0.1) is 12.4 Å². The normalized spacial score (nSPS) is 17.6. The lowest BCUT2D eigenvalue weighted by molar-refractivity contribution is -0.121. The molecule has 1 heterocycles. The molecule has 2 N–H and O–H groups in total. The summed E-state index contributed by atoms with van der Waals surface area (Å²) in [6.07, 6.45) is 2.66. The van der Waals surface area contributed by atoms with Crippen LogP contribution in [0.25, 0.3) is 0 Å². The molecule has 0 bridgehead atoms. The van der Waals surface area contributed by atoms with Crippen LogP contribution in [0.3, 0.4) is 0 Å². The summed E-state index contributed by atoms with van der Waals surface area (Å²) in [5.74, 6) is 0.405. The molecule has 1 aliphatic rings. The Morgan fingerprint density at radius 1 is 1.50 bits per heavy atom. The molecule has 1 aromatic carbocycles. The van der Waals surface area contributed by atoms with Crippen LogP contribution in [-0.2, 0) is 11.3 Å². The summed E-state index contributed by atoms with van der Waals surface area (Å²) >= 11 is 3.29. The van der Waals surface area contributed by atoms with E-state index in [0.29, 0.717) is 23.4 Å². The van der Waals surface area contributed by atoms with Crippen molar-refractivity contribution in [3.8, 4) is 0 Å². The van der Waals surface area contributed by atoms with E-state index in [1.807, 2.05) is 0 Å². The lowest BCUT2D eigenvalue weighted by atomic mass is 10.0. The molecule has 0 radical (unpaired) electrons. The average Bonchev–Trinajstić information content (AvgIpc) is 2.88. The Morgan fingerprint density at radius 2 is 2.30 bits per heavy atom. The third-order valence-corrected chi connectivity index (χ3v) is 4.17. The highest BCUT2D eigenvalue weighted by Crippen LogP contribution is 2.18. The van der Waals surface area contributed by atoms with E-state index in [4.69, 9.17) is 0 Å². The van der Waals surface area contributed by atoms with Crippen LogP contribution in [0.15, 0.2) is 22.7 Å². The van der Waals surface area contributed by atoms with Crippen LogP contribution in [-0.4, -0.2) is 19.0 Å². The van der Waals surface area contributed by atoms with Gasteiger partial charge in [0.05, 0.1) is 0 Å². The van der Waals surface area contributed by atoms with Crippen molar-refractivity contribution < 1.29 is 9.18 Å². The van der Waals surface area contributed by atoms with E-state index in [0.717, 1.165) is 31.5 Å². The Balaban J connectivity index is 0.00000200. The molecule has 3 nitrogen and oxygen atoms in total. The second-order valence-electron chi connectivity index (χ2n) is 4.91. The minimum Gasteiger partial charge on any atom is -0.352 e. The lowest BCUT2D eigenvalue weighted by Crippen LogP contribution is -2.23. The predicted molar refractivity (Wildman–Crippen MR) is 83.4 cm³/mol. The van der Waals surface area contributed by atoms with Gasteiger partial charge in [-0.3, -0.25) is 4.79 Å². The van der Waals surface area contributed by atoms with E-state index < -0.39 is 0 Å². The zero-order valence-corrected chi connectivity index (χ0v) is 13.5. The van der Waals surface area contributed by atoms with Gasteiger partial charge in [0, 0.05) is 17.4 Å². The second kappa shape index (κ2) is 8.60. The van der Waals surface area contributed by atoms with Crippen LogP contribution in [0, 0.1) is 11.7 Å². The molecule has 1 atom stereocenters. The first-order valence-corrected chi connectivity index (χ1v) is 7.36. The van der Waals surface area contributed by atoms with Crippen molar-refractivity contribution >= 4 is 34.2 Å². The quantitative estimate of drug-likeness (QED) is 0.842. The molecule has 1 amide bonds. The highest BCUT2D eigenvalue weighted by Gasteiger charge is 2.15. The van der Waals surface area contributed by atoms with Gasteiger partial charge in [-0.1, -0.05) is 22.0 Å². The number of rotatable bonds is 5. The van der Waals surface area contributed by atoms with Gasteiger partial charge < -0.3 is 10.6 Å². The molecule has 0 aromatic heterocycles. The number of carbonyl (C=O) groups is 1. The van der Waals surface area contributed by atoms with Gasteiger partial charge in [0.15, 0.2) is 0 Å². The number of hydrogen-bond acceptors (Lipinski definition) is 2. The first-order chi connectivity index (χ1) is 9.15. The van der Waals surface area contributed by atoms with Crippen molar-refractivity contribution in [2.45, 2.75) is 25.8 Å². The molecule has 0 spiro atoms. The van der Waals surface area contributed by atoms with Gasteiger partial charge >= 0.3 is 0 Å². The van der Waals surface area contributed by atoms with Crippen molar-refractivity contribution in [2.24, 2.45) is 5.92 Å². The number of halogens is 3. The molecule has 1 unspecified atom stereocenters. The fourth-order valence-corrected chi connectivity index (χ4v) is 2.73. The summed E-state index contributed by atoms with van der Waals surface area (Å²) in [6.45, 7) is 2.52. The third-order valence-electron chi connectivity index (χ3n) is 3.43. The Labute approximate surface area is 133 Å². The van der Waals surface area contributed by atoms with E-state index in [1.165, 1.54) is 12.1 Å². The average molecular weight is 366 g/mol. The Hall–Kier alpha value is -0.650. The highest BCUT2D eigenvalue weighted by molar-refractivity contribution is 9.10. The number of benzene rings is 1. The van der Waals surface area contributed by atoms with E-state index in [1.54, 1.807) is 6.07 Å². The zero-order chi connectivity index (χ0) is 13.7. The summed E-state index contributed by atoms with van der Waals surface area (Å²) in [5.41, 5.74) is 0.886. The van der Waals surface area contributed by atoms with Crippen molar-refractivity contribution in [3.63, 3.8) is 0 Å². The van der Waals surface area contributed by atoms with Gasteiger partial charge in [0.25, 0.3) is 0 Å². The minimum absolute atomic E-state index is 0. The van der Waals surface area contributed by atoms with E-state index in [9.17, 15) is 9.18 Å². The van der Waals surface area contributed by atoms with Crippen LogP contribution in [0.1, 0.15) is 24.8 Å². The molecule has 20 heavy (non-hydrogen) atoms. The number of carbonyl (C=O) groups excluding carboxylic acids is 1. The summed E-state index contributed by atoms with van der Waals surface area (Å²) in [6, 6.07) is 4.49. The summed E-state index contributed by atoms with van der Waals surface area (Å²) in [4.78, 5) is 11.7. The Morgan fingerprint density at radius 3 is 2.95 bits per heavy atom. The van der Waals surface area contributed by atoms with Gasteiger partial charge in [-0.05, 0) is 49.5 Å². The standard InChI is InChI=1S/C14H18BrFN2O.ClH/c15-13-7-12(16)3-2-11(13)9-18-14(19)4-1-10-5-6-17-8-10;/h2-3,7,10,17H,1,4-6,8-9H2,(H,18,19);1H. The Kier molecular flexibility index (Phi) is 7.48. The number of nitrogens with one attached hydrogen (secondary N) is 2. The van der Waals surface area contributed by atoms with Crippen LogP contribution in [0.2, 0.25) is 0 Å². The first-order valence-electron chi connectivity index (χ1n) is 6.56. The molecule has 112 valence electrons. The minimum atomic E-state index is -0.282. The summed E-state index contributed by atoms with van der Waals surface area (Å²) in [7, 11) is 0. The highest BCUT2D eigenvalue weighted by atomic mass is 79.9. The Bertz CT molecular complexity index is 453. The van der Waals surface area contributed by atoms with Crippen LogP contribution in [0.5, 0.6) is 0 Å². The number of hydrogen-bond donors (Lipinski definition) is 2. The maximum Gasteiger partial charge on any atom is 0.220 e. The molecular formula is C14H19BrClFN2O. The predicted octanol–water partition coefficient (Wildman–Crippen LogP) is 3.02. The van der Waals surface area contributed by atoms with E-state index in [2.05, 4.69) is 26.6 Å². The molecule has 6 heteroatoms. The van der Waals surface area contributed by atoms with E-state index >= 15 is 0 Å². The molecule has 0 aliphatic carbocycles. The summed E-state index contributed by atoms with van der Waals surface area (Å²) < 4.78 is 13.6. The van der Waals surface area contributed by atoms with E-state index in [-0.39, 0.29) is 24.1 Å². The number of amides is 1. The van der Waals surface area contributed by atoms with Gasteiger partial charge in [0.2, 0.25) is 5.91 Å². The molecule has 1 saturated heterocycles. The topological polar surface area (TPSA) is 41.1 Å². The fourth-order valence-electron chi connectivity index (χ4n) is 2.24. The van der Waals surface area contributed by atoms with Crippen molar-refractivity contribution in [2.75, 3.05) is 13.1 Å². The SMILES string of the molecule is Cl.O=C(CCC1CCNC1)NCc1ccc(F)cc1Br. The molecule has 0 saturated carbocycles. The fraction of sp³-hybridized carbons (Fsp3) is 0.500. The third kappa shape index (κ3) is 5.38. The van der Waals surface area contributed by atoms with Crippen LogP contribution in [0.4, 0.5) is 4.39 Å².